The van der Waals surface area contributed by atoms with E-state index in [4.69, 9.17) is 0 Å². The summed E-state index contributed by atoms with van der Waals surface area (Å²) in [6.45, 7) is 5.16. The van der Waals surface area contributed by atoms with Crippen LogP contribution in [0, 0.1) is 23.7 Å². The van der Waals surface area contributed by atoms with E-state index in [-0.39, 0.29) is 44.0 Å². The van der Waals surface area contributed by atoms with E-state index < -0.39 is 8.07 Å². The van der Waals surface area contributed by atoms with Crippen LogP contribution in [0.5, 0.6) is 0 Å². The van der Waals surface area contributed by atoms with Crippen LogP contribution in [0.4, 0.5) is 0 Å². The monoisotopic (exact) mass is 440 g/mol. The maximum absolute atomic E-state index is 2.62. The van der Waals surface area contributed by atoms with Crippen molar-refractivity contribution in [1.82, 2.24) is 0 Å². The Hall–Kier alpha value is 0.471. The minimum absolute atomic E-state index is 0. The van der Waals surface area contributed by atoms with Crippen LogP contribution in [0.2, 0.25) is 31.6 Å². The number of hydrogen-bond acceptors (Lipinski definition) is 0. The zero-order valence-electron chi connectivity index (χ0n) is 15.8. The first-order valence-corrected chi connectivity index (χ1v) is 14.6. The Morgan fingerprint density at radius 3 is 1.58 bits per heavy atom. The molecule has 140 valence electrons. The Morgan fingerprint density at radius 1 is 0.731 bits per heavy atom. The van der Waals surface area contributed by atoms with E-state index in [9.17, 15) is 0 Å². The second kappa shape index (κ2) is 8.07. The molecule has 0 bridgehead atoms. The molecule has 8 unspecified atom stereocenters. The van der Waals surface area contributed by atoms with E-state index in [0.717, 1.165) is 43.2 Å². The van der Waals surface area contributed by atoms with Crippen molar-refractivity contribution in [3.05, 3.63) is 48.6 Å². The summed E-state index contributed by atoms with van der Waals surface area (Å²) in [5.74, 6) is 3.64. The summed E-state index contributed by atoms with van der Waals surface area (Å²) >= 11 is 0.164. The van der Waals surface area contributed by atoms with E-state index in [1.807, 2.05) is 0 Å². The number of hydrogen-bond donors (Lipinski definition) is 0. The Bertz CT molecular complexity index is 586. The molecular weight excluding hydrogens is 411 g/mol. The summed E-state index contributed by atoms with van der Waals surface area (Å²) in [5.41, 5.74) is 2.31. The van der Waals surface area contributed by atoms with Crippen LogP contribution in [-0.2, 0) is 19.2 Å². The largest absolute Gasteiger partial charge is 1.00 e. The van der Waals surface area contributed by atoms with Gasteiger partial charge < -0.3 is 24.8 Å². The van der Waals surface area contributed by atoms with Gasteiger partial charge in [0.1, 0.15) is 0 Å². The Labute approximate surface area is 181 Å². The standard InChI is InChI=1S/C22H30Si.2ClH.Ti/c1-3-23(4-2,21-13-17-9-5-6-10-18(17)14-21)22-15-19-11-7-8-12-20(19)16-22;;;/h5-13,15,17-22H,3-4,14,16H2,1-2H3;2*1H;/q;;;+2/p-2. The first kappa shape index (κ1) is 21.2. The molecular formula is C22H30Cl2SiTi. The maximum atomic E-state index is 2.62. The fourth-order valence-corrected chi connectivity index (χ4v) is 21.5. The molecule has 5 rings (SSSR count). The van der Waals surface area contributed by atoms with Crippen LogP contribution in [0.15, 0.2) is 48.6 Å². The molecule has 1 aliphatic heterocycles. The van der Waals surface area contributed by atoms with E-state index in [1.165, 1.54) is 0 Å². The van der Waals surface area contributed by atoms with Crippen LogP contribution in [0.3, 0.4) is 0 Å². The summed E-state index contributed by atoms with van der Waals surface area (Å²) in [6.07, 6.45) is 22.9. The summed E-state index contributed by atoms with van der Waals surface area (Å²) in [4.78, 5) is 0. The molecule has 1 heterocycles. The van der Waals surface area contributed by atoms with E-state index in [2.05, 4.69) is 62.5 Å². The van der Waals surface area contributed by atoms with Gasteiger partial charge in [-0.05, 0) is 0 Å². The van der Waals surface area contributed by atoms with Gasteiger partial charge in [0.25, 0.3) is 0 Å². The van der Waals surface area contributed by atoms with Gasteiger partial charge in [-0.3, -0.25) is 0 Å². The molecule has 3 fully saturated rings. The van der Waals surface area contributed by atoms with Crippen LogP contribution in [-0.4, -0.2) is 8.07 Å². The van der Waals surface area contributed by atoms with Gasteiger partial charge in [-0.2, -0.15) is 0 Å². The predicted molar refractivity (Wildman–Crippen MR) is 101 cm³/mol. The average molecular weight is 441 g/mol. The molecule has 26 heavy (non-hydrogen) atoms. The summed E-state index contributed by atoms with van der Waals surface area (Å²) in [5, 5.41) is 0. The second-order valence-corrected chi connectivity index (χ2v) is 16.8. The molecule has 5 aliphatic rings. The first-order chi connectivity index (χ1) is 11.8. The number of rotatable bonds is 2. The summed E-state index contributed by atoms with van der Waals surface area (Å²) in [6, 6.07) is 3.11. The minimum Gasteiger partial charge on any atom is -1.00 e. The van der Waals surface area contributed by atoms with Crippen molar-refractivity contribution >= 4 is 8.07 Å². The molecule has 1 saturated heterocycles. The van der Waals surface area contributed by atoms with Gasteiger partial charge in [0.15, 0.2) is 0 Å². The first-order valence-electron chi connectivity index (χ1n) is 10.2. The molecule has 0 nitrogen and oxygen atoms in total. The Morgan fingerprint density at radius 2 is 1.15 bits per heavy atom. The molecule has 0 spiro atoms. The number of allylic oxidation sites excluding steroid dienone is 8. The quantitative estimate of drug-likeness (QED) is 0.546. The SMILES string of the molecule is CC[Si]1(CC)C2CC3C=CC=CC3[CH]2[Ti+2][CH]2C3C=CC=CC3CC21.[Cl-].[Cl-]. The van der Waals surface area contributed by atoms with Gasteiger partial charge in [0.05, 0.1) is 0 Å². The van der Waals surface area contributed by atoms with Gasteiger partial charge in [0.2, 0.25) is 0 Å². The van der Waals surface area contributed by atoms with Crippen molar-refractivity contribution in [2.24, 2.45) is 23.7 Å². The molecule has 4 heteroatoms. The van der Waals surface area contributed by atoms with Crippen molar-refractivity contribution < 1.29 is 44.0 Å². The van der Waals surface area contributed by atoms with Crippen LogP contribution < -0.4 is 24.8 Å². The third kappa shape index (κ3) is 2.88. The fraction of sp³-hybridized carbons (Fsp3) is 0.636. The molecule has 2 saturated carbocycles. The molecule has 0 radical (unpaired) electrons. The second-order valence-electron chi connectivity index (χ2n) is 8.86. The van der Waals surface area contributed by atoms with Gasteiger partial charge >= 0.3 is 158 Å². The molecule has 0 aromatic heterocycles. The number of halogens is 2. The molecule has 0 N–H and O–H groups in total. The van der Waals surface area contributed by atoms with Crippen molar-refractivity contribution in [2.75, 3.05) is 0 Å². The summed E-state index contributed by atoms with van der Waals surface area (Å²) < 4.78 is 2.25. The van der Waals surface area contributed by atoms with Gasteiger partial charge in [0, 0.05) is 0 Å². The fourth-order valence-electron chi connectivity index (χ4n) is 7.44. The number of fused-ring (bicyclic) bond motifs is 6. The van der Waals surface area contributed by atoms with Crippen LogP contribution in [0.1, 0.15) is 26.7 Å². The smallest absolute Gasteiger partial charge is 1.00 e. The third-order valence-corrected chi connectivity index (χ3v) is 20.0. The molecule has 0 amide bonds. The van der Waals surface area contributed by atoms with Crippen molar-refractivity contribution in [3.63, 3.8) is 0 Å². The van der Waals surface area contributed by atoms with Crippen molar-refractivity contribution in [3.8, 4) is 0 Å². The minimum atomic E-state index is -1.17. The molecule has 0 aromatic rings. The average Bonchev–Trinajstić information content (AvgIpc) is 3.19. The molecule has 8 atom stereocenters. The van der Waals surface area contributed by atoms with Gasteiger partial charge in [-0.25, -0.2) is 0 Å². The normalized spacial score (nSPS) is 45.2. The van der Waals surface area contributed by atoms with E-state index in [1.54, 1.807) is 24.9 Å². The maximum Gasteiger partial charge on any atom is -1.00 e. The Kier molecular flexibility index (Phi) is 6.58. The van der Waals surface area contributed by atoms with Crippen molar-refractivity contribution in [1.29, 1.82) is 0 Å². The van der Waals surface area contributed by atoms with Gasteiger partial charge in [-0.1, -0.05) is 0 Å². The summed E-state index contributed by atoms with van der Waals surface area (Å²) in [7, 11) is -1.17. The third-order valence-electron chi connectivity index (χ3n) is 8.52. The topological polar surface area (TPSA) is 0 Å². The van der Waals surface area contributed by atoms with Crippen LogP contribution in [0.25, 0.3) is 0 Å². The van der Waals surface area contributed by atoms with E-state index >= 15 is 0 Å². The molecule has 4 aliphatic carbocycles. The van der Waals surface area contributed by atoms with Crippen molar-refractivity contribution in [2.45, 2.75) is 58.3 Å². The van der Waals surface area contributed by atoms with Crippen LogP contribution >= 0.6 is 0 Å². The predicted octanol–water partition coefficient (Wildman–Crippen LogP) is 0.421. The zero-order chi connectivity index (χ0) is 16.3. The zero-order valence-corrected chi connectivity index (χ0v) is 19.9. The molecule has 0 aromatic carbocycles. The van der Waals surface area contributed by atoms with Gasteiger partial charge in [-0.15, -0.1) is 0 Å². The van der Waals surface area contributed by atoms with E-state index in [0.29, 0.717) is 0 Å². The Balaban J connectivity index is 0.000000980.